The number of hydrogen-bond donors (Lipinski definition) is 1. The summed E-state index contributed by atoms with van der Waals surface area (Å²) in [5.74, 6) is 0.770. The van der Waals surface area contributed by atoms with Gasteiger partial charge in [-0.2, -0.15) is 0 Å². The van der Waals surface area contributed by atoms with Crippen molar-refractivity contribution in [2.45, 2.75) is 140 Å². The number of rotatable bonds is 18. The number of esters is 2. The molecular formula is C33H70N2O4. The minimum Gasteiger partial charge on any atom is -0.466 e. The zero-order chi connectivity index (χ0) is 30.7. The first kappa shape index (κ1) is 42.3. The molecule has 0 spiro atoms. The van der Waals surface area contributed by atoms with Crippen LogP contribution in [-0.4, -0.2) is 63.3 Å². The minimum absolute atomic E-state index is 0.0837. The molecule has 0 saturated carbocycles. The van der Waals surface area contributed by atoms with Crippen molar-refractivity contribution < 1.29 is 19.1 Å². The maximum absolute atomic E-state index is 11.3. The first-order valence-electron chi connectivity index (χ1n) is 15.8. The highest BCUT2D eigenvalue weighted by atomic mass is 16.5. The van der Waals surface area contributed by atoms with Crippen molar-refractivity contribution in [1.82, 2.24) is 10.2 Å². The molecule has 0 aromatic heterocycles. The van der Waals surface area contributed by atoms with E-state index in [0.717, 1.165) is 38.4 Å². The Morgan fingerprint density at radius 1 is 0.795 bits per heavy atom. The lowest BCUT2D eigenvalue weighted by atomic mass is 9.93. The Kier molecular flexibility index (Phi) is 29.4. The average Bonchev–Trinajstić information content (AvgIpc) is 2.84. The summed E-state index contributed by atoms with van der Waals surface area (Å²) in [6.07, 6.45) is 11.3. The molecule has 6 heteroatoms. The van der Waals surface area contributed by atoms with Crippen LogP contribution in [0.15, 0.2) is 0 Å². The van der Waals surface area contributed by atoms with Gasteiger partial charge in [-0.15, -0.1) is 0 Å². The van der Waals surface area contributed by atoms with E-state index in [1.54, 1.807) is 0 Å². The number of nitrogens with zero attached hydrogens (tertiary/aromatic N) is 1. The number of unbranched alkanes of at least 4 members (excludes halogenated alkanes) is 3. The van der Waals surface area contributed by atoms with Crippen molar-refractivity contribution in [1.29, 1.82) is 0 Å². The van der Waals surface area contributed by atoms with Gasteiger partial charge in [0.05, 0.1) is 26.1 Å². The molecule has 236 valence electrons. The van der Waals surface area contributed by atoms with Crippen molar-refractivity contribution in [2.75, 3.05) is 46.4 Å². The Morgan fingerprint density at radius 2 is 1.31 bits per heavy atom. The highest BCUT2D eigenvalue weighted by molar-refractivity contribution is 5.69. The molecule has 1 atom stereocenters. The summed E-state index contributed by atoms with van der Waals surface area (Å²) < 4.78 is 10.2. The van der Waals surface area contributed by atoms with E-state index >= 15 is 0 Å². The lowest BCUT2D eigenvalue weighted by molar-refractivity contribution is -0.145. The molecule has 39 heavy (non-hydrogen) atoms. The van der Waals surface area contributed by atoms with E-state index in [9.17, 15) is 9.59 Å². The minimum atomic E-state index is -0.102. The first-order chi connectivity index (χ1) is 18.1. The van der Waals surface area contributed by atoms with Crippen molar-refractivity contribution in [3.63, 3.8) is 0 Å². The second kappa shape index (κ2) is 27.1. The van der Waals surface area contributed by atoms with Gasteiger partial charge in [-0.25, -0.2) is 0 Å². The van der Waals surface area contributed by atoms with Gasteiger partial charge in [-0.3, -0.25) is 9.59 Å². The molecule has 1 N–H and O–H groups in total. The smallest absolute Gasteiger partial charge is 0.307 e. The molecule has 0 aliphatic rings. The van der Waals surface area contributed by atoms with E-state index in [4.69, 9.17) is 9.47 Å². The van der Waals surface area contributed by atoms with E-state index in [0.29, 0.717) is 32.6 Å². The van der Waals surface area contributed by atoms with Gasteiger partial charge < -0.3 is 19.7 Å². The second-order valence-corrected chi connectivity index (χ2v) is 13.2. The summed E-state index contributed by atoms with van der Waals surface area (Å²) in [7, 11) is 2.00. The lowest BCUT2D eigenvalue weighted by Gasteiger charge is -2.18. The standard InChI is InChI=1S/C12H25NO2.C11H23NO2.C10H22/c1-6-13(5)9-7-11(14)15-10-8-12(2,3)4;1-5-12-8-6-10(13)14-9-7-11(2,3)4;1-4-6-7-8-9-10(3)5-2/h6-10H2,1-5H3;12H,5-9H2,1-4H3;10H,4-9H2,1-3H3. The van der Waals surface area contributed by atoms with Crippen LogP contribution in [0, 0.1) is 16.7 Å². The van der Waals surface area contributed by atoms with Crippen LogP contribution in [0.2, 0.25) is 0 Å². The molecule has 0 bridgehead atoms. The van der Waals surface area contributed by atoms with Gasteiger partial charge in [0.1, 0.15) is 0 Å². The molecule has 0 heterocycles. The van der Waals surface area contributed by atoms with E-state index in [2.05, 4.69) is 79.5 Å². The van der Waals surface area contributed by atoms with Gasteiger partial charge in [0.15, 0.2) is 0 Å². The quantitative estimate of drug-likeness (QED) is 0.135. The third-order valence-corrected chi connectivity index (χ3v) is 6.47. The maximum atomic E-state index is 11.3. The molecule has 0 rings (SSSR count). The molecular weight excluding hydrogens is 488 g/mol. The molecule has 0 aromatic carbocycles. The zero-order valence-corrected chi connectivity index (χ0v) is 28.5. The Labute approximate surface area is 244 Å². The van der Waals surface area contributed by atoms with Crippen LogP contribution in [-0.2, 0) is 19.1 Å². The third kappa shape index (κ3) is 41.5. The number of carbonyl (C=O) groups is 2. The predicted molar refractivity (Wildman–Crippen MR) is 169 cm³/mol. The van der Waals surface area contributed by atoms with Crippen molar-refractivity contribution in [3.05, 3.63) is 0 Å². The highest BCUT2D eigenvalue weighted by Gasteiger charge is 2.12. The summed E-state index contributed by atoms with van der Waals surface area (Å²) in [4.78, 5) is 24.5. The van der Waals surface area contributed by atoms with Gasteiger partial charge in [0.25, 0.3) is 0 Å². The molecule has 0 saturated heterocycles. The molecule has 6 nitrogen and oxygen atoms in total. The highest BCUT2D eigenvalue weighted by Crippen LogP contribution is 2.18. The van der Waals surface area contributed by atoms with Crippen LogP contribution >= 0.6 is 0 Å². The fourth-order valence-corrected chi connectivity index (χ4v) is 3.02. The Hall–Kier alpha value is -1.14. The molecule has 0 aliphatic carbocycles. The van der Waals surface area contributed by atoms with Gasteiger partial charge >= 0.3 is 11.9 Å². The number of hydrogen-bond acceptors (Lipinski definition) is 6. The van der Waals surface area contributed by atoms with Gasteiger partial charge in [0.2, 0.25) is 0 Å². The Morgan fingerprint density at radius 3 is 1.72 bits per heavy atom. The van der Waals surface area contributed by atoms with Crippen LogP contribution in [0.25, 0.3) is 0 Å². The summed E-state index contributed by atoms with van der Waals surface area (Å²) >= 11 is 0. The summed E-state index contributed by atoms with van der Waals surface area (Å²) in [5, 5.41) is 3.08. The van der Waals surface area contributed by atoms with Crippen LogP contribution in [0.1, 0.15) is 140 Å². The van der Waals surface area contributed by atoms with Crippen LogP contribution < -0.4 is 5.32 Å². The molecule has 0 fully saturated rings. The van der Waals surface area contributed by atoms with Gasteiger partial charge in [0, 0.05) is 13.1 Å². The maximum Gasteiger partial charge on any atom is 0.307 e. The fourth-order valence-electron chi connectivity index (χ4n) is 3.02. The van der Waals surface area contributed by atoms with E-state index in [1.165, 1.54) is 38.5 Å². The molecule has 0 radical (unpaired) electrons. The SMILES string of the molecule is CCCCCCC(C)CC.CCN(C)CCC(=O)OCCC(C)(C)C.CCNCCC(=O)OCCC(C)(C)C. The Bertz CT molecular complexity index is 553. The normalized spacial score (nSPS) is 12.1. The first-order valence-corrected chi connectivity index (χ1v) is 15.8. The molecule has 0 aliphatic heterocycles. The largest absolute Gasteiger partial charge is 0.466 e. The zero-order valence-electron chi connectivity index (χ0n) is 28.5. The fraction of sp³-hybridized carbons (Fsp3) is 0.939. The monoisotopic (exact) mass is 559 g/mol. The third-order valence-electron chi connectivity index (χ3n) is 6.47. The number of ether oxygens (including phenoxy) is 2. The van der Waals surface area contributed by atoms with Crippen molar-refractivity contribution >= 4 is 11.9 Å². The van der Waals surface area contributed by atoms with Crippen LogP contribution in [0.4, 0.5) is 0 Å². The second-order valence-electron chi connectivity index (χ2n) is 13.2. The van der Waals surface area contributed by atoms with Gasteiger partial charge in [-0.1, -0.05) is 115 Å². The molecule has 1 unspecified atom stereocenters. The predicted octanol–water partition coefficient (Wildman–Crippen LogP) is 8.28. The number of carbonyl (C=O) groups excluding carboxylic acids is 2. The Balaban J connectivity index is -0.000000509. The van der Waals surface area contributed by atoms with E-state index in [-0.39, 0.29) is 22.8 Å². The van der Waals surface area contributed by atoms with E-state index in [1.807, 2.05) is 14.0 Å². The van der Waals surface area contributed by atoms with Crippen LogP contribution in [0.3, 0.4) is 0 Å². The summed E-state index contributed by atoms with van der Waals surface area (Å²) in [5.41, 5.74) is 0.475. The summed E-state index contributed by atoms with van der Waals surface area (Å²) in [6, 6.07) is 0. The van der Waals surface area contributed by atoms with E-state index < -0.39 is 0 Å². The summed E-state index contributed by atoms with van der Waals surface area (Å²) in [6.45, 7) is 28.3. The lowest BCUT2D eigenvalue weighted by Crippen LogP contribution is -2.22. The van der Waals surface area contributed by atoms with Gasteiger partial charge in [-0.05, 0) is 49.7 Å². The average molecular weight is 559 g/mol. The topological polar surface area (TPSA) is 67.9 Å². The molecule has 0 amide bonds. The molecule has 0 aromatic rings. The van der Waals surface area contributed by atoms with Crippen molar-refractivity contribution in [2.24, 2.45) is 16.7 Å². The van der Waals surface area contributed by atoms with Crippen molar-refractivity contribution in [3.8, 4) is 0 Å². The number of nitrogens with one attached hydrogen (secondary N) is 1. The van der Waals surface area contributed by atoms with Crippen LogP contribution in [0.5, 0.6) is 0 Å².